The van der Waals surface area contributed by atoms with Crippen LogP contribution in [-0.2, 0) is 20.0 Å². The van der Waals surface area contributed by atoms with Crippen LogP contribution in [0.5, 0.6) is 0 Å². The molecule has 0 aromatic heterocycles. The molecule has 4 nitrogen and oxygen atoms in total. The highest BCUT2D eigenvalue weighted by Gasteiger charge is 2.46. The minimum atomic E-state index is -3.24. The number of rotatable bonds is 3. The molecule has 0 heterocycles. The Morgan fingerprint density at radius 3 is 2.28 bits per heavy atom. The minimum Gasteiger partial charge on any atom is -0.481 e. The van der Waals surface area contributed by atoms with Crippen LogP contribution < -0.4 is 0 Å². The van der Waals surface area contributed by atoms with Crippen LogP contribution in [0.4, 0.5) is 0 Å². The molecule has 0 atom stereocenters. The maximum atomic E-state index is 11.4. The van der Waals surface area contributed by atoms with Crippen molar-refractivity contribution in [2.45, 2.75) is 36.5 Å². The second-order valence-electron chi connectivity index (χ2n) is 4.99. The van der Waals surface area contributed by atoms with Crippen molar-refractivity contribution in [3.05, 3.63) is 29.3 Å². The summed E-state index contributed by atoms with van der Waals surface area (Å²) in [5.74, 6) is -0.816. The van der Waals surface area contributed by atoms with Gasteiger partial charge in [0.2, 0.25) is 0 Å². The third-order valence-electron chi connectivity index (χ3n) is 3.76. The Bertz CT molecular complexity index is 597. The number of carbonyl (C=O) groups is 1. The predicted molar refractivity (Wildman–Crippen MR) is 67.5 cm³/mol. The van der Waals surface area contributed by atoms with E-state index in [1.807, 2.05) is 0 Å². The van der Waals surface area contributed by atoms with Gasteiger partial charge in [-0.3, -0.25) is 4.79 Å². The summed E-state index contributed by atoms with van der Waals surface area (Å²) in [6, 6.07) is 4.72. The largest absolute Gasteiger partial charge is 0.481 e. The lowest BCUT2D eigenvalue weighted by Gasteiger charge is -2.39. The third kappa shape index (κ3) is 1.92. The monoisotopic (exact) mass is 268 g/mol. The van der Waals surface area contributed by atoms with E-state index >= 15 is 0 Å². The lowest BCUT2D eigenvalue weighted by Crippen LogP contribution is -2.42. The molecule has 2 rings (SSSR count). The van der Waals surface area contributed by atoms with Gasteiger partial charge >= 0.3 is 5.97 Å². The zero-order valence-corrected chi connectivity index (χ0v) is 11.3. The summed E-state index contributed by atoms with van der Waals surface area (Å²) in [6.07, 6.45) is 3.31. The van der Waals surface area contributed by atoms with E-state index in [1.165, 1.54) is 6.07 Å². The molecular weight excluding hydrogens is 252 g/mol. The fraction of sp³-hybridized carbons (Fsp3) is 0.462. The number of benzene rings is 1. The lowest BCUT2D eigenvalue weighted by atomic mass is 9.63. The highest BCUT2D eigenvalue weighted by Crippen LogP contribution is 2.45. The average molecular weight is 268 g/mol. The molecule has 1 N–H and O–H groups in total. The number of aliphatic carboxylic acids is 1. The molecule has 0 aliphatic heterocycles. The molecule has 1 aromatic rings. The van der Waals surface area contributed by atoms with Gasteiger partial charge in [-0.2, -0.15) is 0 Å². The predicted octanol–water partition coefficient (Wildman–Crippen LogP) is 1.90. The molecule has 0 bridgehead atoms. The smallest absolute Gasteiger partial charge is 0.314 e. The SMILES string of the molecule is Cc1cc(S(C)(=O)=O)ccc1C1(C(=O)O)CCC1. The first-order valence-electron chi connectivity index (χ1n) is 5.82. The highest BCUT2D eigenvalue weighted by atomic mass is 32.2. The van der Waals surface area contributed by atoms with Gasteiger partial charge in [0.1, 0.15) is 0 Å². The van der Waals surface area contributed by atoms with Crippen molar-refractivity contribution in [1.29, 1.82) is 0 Å². The van der Waals surface area contributed by atoms with E-state index < -0.39 is 21.2 Å². The van der Waals surface area contributed by atoms with Crippen molar-refractivity contribution in [3.8, 4) is 0 Å². The molecule has 98 valence electrons. The van der Waals surface area contributed by atoms with Gasteiger partial charge in [0.25, 0.3) is 0 Å². The number of sulfone groups is 1. The number of hydrogen-bond acceptors (Lipinski definition) is 3. The summed E-state index contributed by atoms with van der Waals surface area (Å²) in [5, 5.41) is 9.37. The van der Waals surface area contributed by atoms with Crippen molar-refractivity contribution in [2.24, 2.45) is 0 Å². The van der Waals surface area contributed by atoms with Crippen LogP contribution in [-0.4, -0.2) is 25.7 Å². The van der Waals surface area contributed by atoms with E-state index in [0.717, 1.165) is 23.8 Å². The summed E-state index contributed by atoms with van der Waals surface area (Å²) >= 11 is 0. The number of aryl methyl sites for hydroxylation is 1. The molecular formula is C13H16O4S. The topological polar surface area (TPSA) is 71.4 Å². The zero-order valence-electron chi connectivity index (χ0n) is 10.4. The van der Waals surface area contributed by atoms with Gasteiger partial charge in [-0.25, -0.2) is 8.42 Å². The summed E-state index contributed by atoms with van der Waals surface area (Å²) in [7, 11) is -3.24. The maximum absolute atomic E-state index is 11.4. The van der Waals surface area contributed by atoms with Crippen molar-refractivity contribution < 1.29 is 18.3 Å². The van der Waals surface area contributed by atoms with E-state index in [9.17, 15) is 18.3 Å². The molecule has 1 saturated carbocycles. The van der Waals surface area contributed by atoms with E-state index in [2.05, 4.69) is 0 Å². The molecule has 0 unspecified atom stereocenters. The maximum Gasteiger partial charge on any atom is 0.314 e. The molecule has 0 spiro atoms. The second-order valence-corrected chi connectivity index (χ2v) is 7.01. The third-order valence-corrected chi connectivity index (χ3v) is 4.87. The van der Waals surface area contributed by atoms with Crippen molar-refractivity contribution in [1.82, 2.24) is 0 Å². The summed E-state index contributed by atoms with van der Waals surface area (Å²) in [4.78, 5) is 11.7. The standard InChI is InChI=1S/C13H16O4S/c1-9-8-10(18(2,16)17)4-5-11(9)13(12(14)15)6-3-7-13/h4-5,8H,3,6-7H2,1-2H3,(H,14,15). The molecule has 1 aliphatic carbocycles. The minimum absolute atomic E-state index is 0.239. The Hall–Kier alpha value is -1.36. The molecule has 5 heteroatoms. The number of carboxylic acids is 1. The Kier molecular flexibility index (Phi) is 2.97. The Labute approximate surface area is 107 Å². The first-order chi connectivity index (χ1) is 8.27. The Morgan fingerprint density at radius 1 is 1.33 bits per heavy atom. The first-order valence-corrected chi connectivity index (χ1v) is 7.71. The zero-order chi connectivity index (χ0) is 13.6. The van der Waals surface area contributed by atoms with E-state index in [1.54, 1.807) is 19.1 Å². The molecule has 1 aromatic carbocycles. The van der Waals surface area contributed by atoms with Crippen LogP contribution in [0.3, 0.4) is 0 Å². The number of carboxylic acid groups (broad SMARTS) is 1. The van der Waals surface area contributed by atoms with Crippen molar-refractivity contribution >= 4 is 15.8 Å². The van der Waals surface area contributed by atoms with Gasteiger partial charge in [0, 0.05) is 6.26 Å². The van der Waals surface area contributed by atoms with Gasteiger partial charge in [0.15, 0.2) is 9.84 Å². The second kappa shape index (κ2) is 4.09. The highest BCUT2D eigenvalue weighted by molar-refractivity contribution is 7.90. The van der Waals surface area contributed by atoms with Crippen molar-refractivity contribution in [3.63, 3.8) is 0 Å². The molecule has 18 heavy (non-hydrogen) atoms. The van der Waals surface area contributed by atoms with Crippen molar-refractivity contribution in [2.75, 3.05) is 6.26 Å². The van der Waals surface area contributed by atoms with Crippen LogP contribution in [0.15, 0.2) is 23.1 Å². The van der Waals surface area contributed by atoms with Crippen LogP contribution in [0.2, 0.25) is 0 Å². The molecule has 0 radical (unpaired) electrons. The molecule has 0 saturated heterocycles. The molecule has 1 aliphatic rings. The van der Waals surface area contributed by atoms with E-state index in [4.69, 9.17) is 0 Å². The fourth-order valence-electron chi connectivity index (χ4n) is 2.53. The van der Waals surface area contributed by atoms with Gasteiger partial charge in [-0.05, 0) is 43.0 Å². The summed E-state index contributed by atoms with van der Waals surface area (Å²) in [6.45, 7) is 1.77. The fourth-order valence-corrected chi connectivity index (χ4v) is 3.24. The van der Waals surface area contributed by atoms with E-state index in [0.29, 0.717) is 12.8 Å². The van der Waals surface area contributed by atoms with Gasteiger partial charge in [-0.15, -0.1) is 0 Å². The quantitative estimate of drug-likeness (QED) is 0.909. The normalized spacial score (nSPS) is 18.1. The van der Waals surface area contributed by atoms with Gasteiger partial charge < -0.3 is 5.11 Å². The van der Waals surface area contributed by atoms with Gasteiger partial charge in [-0.1, -0.05) is 12.5 Å². The molecule has 1 fully saturated rings. The molecule has 0 amide bonds. The Balaban J connectivity index is 2.52. The Morgan fingerprint density at radius 2 is 1.94 bits per heavy atom. The summed E-state index contributed by atoms with van der Waals surface area (Å²) < 4.78 is 22.9. The number of hydrogen-bond donors (Lipinski definition) is 1. The van der Waals surface area contributed by atoms with Crippen LogP contribution in [0, 0.1) is 6.92 Å². The first kappa shape index (κ1) is 13.1. The average Bonchev–Trinajstić information content (AvgIpc) is 2.16. The summed E-state index contributed by atoms with van der Waals surface area (Å²) in [5.41, 5.74) is 0.675. The van der Waals surface area contributed by atoms with E-state index in [-0.39, 0.29) is 4.90 Å². The van der Waals surface area contributed by atoms with Crippen LogP contribution in [0.25, 0.3) is 0 Å². The van der Waals surface area contributed by atoms with Gasteiger partial charge in [0.05, 0.1) is 10.3 Å². The van der Waals surface area contributed by atoms with Crippen LogP contribution >= 0.6 is 0 Å². The lowest BCUT2D eigenvalue weighted by molar-refractivity contribution is -0.147. The van der Waals surface area contributed by atoms with Crippen LogP contribution in [0.1, 0.15) is 30.4 Å².